The van der Waals surface area contributed by atoms with Crippen molar-refractivity contribution < 1.29 is 32.0 Å². The average Bonchev–Trinajstić information content (AvgIpc) is 3.32. The zero-order chi connectivity index (χ0) is 21.0. The van der Waals surface area contributed by atoms with E-state index in [0.29, 0.717) is 18.7 Å². The van der Waals surface area contributed by atoms with Crippen LogP contribution in [0.1, 0.15) is 42.3 Å². The summed E-state index contributed by atoms with van der Waals surface area (Å²) >= 11 is 0. The number of aryl methyl sites for hydroxylation is 2. The Balaban J connectivity index is 1.61. The third kappa shape index (κ3) is 5.42. The molecule has 1 fully saturated rings. The first-order valence-corrected chi connectivity index (χ1v) is 9.36. The second-order valence-corrected chi connectivity index (χ2v) is 7.00. The van der Waals surface area contributed by atoms with Crippen LogP contribution in [-0.4, -0.2) is 42.4 Å². The molecule has 0 saturated carbocycles. The average molecular weight is 412 g/mol. The van der Waals surface area contributed by atoms with Crippen molar-refractivity contribution in [1.29, 1.82) is 0 Å². The molecule has 0 radical (unpaired) electrons. The van der Waals surface area contributed by atoms with Gasteiger partial charge in [-0.05, 0) is 43.9 Å². The molecule has 158 valence electrons. The number of halogens is 3. The maximum absolute atomic E-state index is 12.7. The molecule has 0 N–H and O–H groups in total. The van der Waals surface area contributed by atoms with Crippen LogP contribution in [0.3, 0.4) is 0 Å². The van der Waals surface area contributed by atoms with E-state index in [1.807, 2.05) is 13.0 Å². The summed E-state index contributed by atoms with van der Waals surface area (Å²) in [6.45, 7) is 1.11. The number of carbonyl (C=O) groups excluding carboxylic acids is 1. The molecule has 1 unspecified atom stereocenters. The largest absolute Gasteiger partial charge is 0.493 e. The Bertz CT molecular complexity index is 850. The summed E-state index contributed by atoms with van der Waals surface area (Å²) in [6.07, 6.45) is -1.98. The van der Waals surface area contributed by atoms with E-state index in [4.69, 9.17) is 14.0 Å². The normalized spacial score (nSPS) is 16.9. The number of likely N-dealkylation sites (tertiary alicyclic amines) is 1. The number of alkyl halides is 3. The van der Waals surface area contributed by atoms with Crippen LogP contribution in [0.25, 0.3) is 0 Å². The first-order chi connectivity index (χ1) is 13.8. The third-order valence-corrected chi connectivity index (χ3v) is 4.79. The highest BCUT2D eigenvalue weighted by Gasteiger charge is 2.32. The summed E-state index contributed by atoms with van der Waals surface area (Å²) in [4.78, 5) is 14.5. The van der Waals surface area contributed by atoms with Crippen molar-refractivity contribution in [3.8, 4) is 11.5 Å². The van der Waals surface area contributed by atoms with Gasteiger partial charge >= 0.3 is 6.18 Å². The van der Waals surface area contributed by atoms with Crippen molar-refractivity contribution in [3.05, 3.63) is 41.3 Å². The van der Waals surface area contributed by atoms with Gasteiger partial charge in [0.15, 0.2) is 23.9 Å². The number of amides is 1. The molecule has 1 atom stereocenters. The molecule has 0 spiro atoms. The molecule has 1 aliphatic heterocycles. The first kappa shape index (κ1) is 21.0. The summed E-state index contributed by atoms with van der Waals surface area (Å²) in [6, 6.07) is 6.42. The number of carbonyl (C=O) groups is 1. The monoisotopic (exact) mass is 412 g/mol. The predicted octanol–water partition coefficient (Wildman–Crippen LogP) is 4.23. The molecule has 3 rings (SSSR count). The summed E-state index contributed by atoms with van der Waals surface area (Å²) in [7, 11) is 1.36. The molecule has 0 aliphatic carbocycles. The smallest absolute Gasteiger partial charge is 0.422 e. The van der Waals surface area contributed by atoms with Gasteiger partial charge in [0.1, 0.15) is 0 Å². The first-order valence-electron chi connectivity index (χ1n) is 9.36. The predicted molar refractivity (Wildman–Crippen MR) is 97.8 cm³/mol. The Labute approximate surface area is 166 Å². The van der Waals surface area contributed by atoms with Crippen LogP contribution in [0.15, 0.2) is 28.8 Å². The van der Waals surface area contributed by atoms with Crippen molar-refractivity contribution in [3.63, 3.8) is 0 Å². The lowest BCUT2D eigenvalue weighted by Crippen LogP contribution is -2.30. The van der Waals surface area contributed by atoms with Gasteiger partial charge in [0.2, 0.25) is 5.91 Å². The number of ether oxygens (including phenoxy) is 2. The Morgan fingerprint density at radius 3 is 2.76 bits per heavy atom. The lowest BCUT2D eigenvalue weighted by molar-refractivity contribution is -0.153. The van der Waals surface area contributed by atoms with Crippen LogP contribution in [-0.2, 0) is 11.2 Å². The fourth-order valence-electron chi connectivity index (χ4n) is 3.44. The number of aromatic nitrogens is 1. The van der Waals surface area contributed by atoms with E-state index in [-0.39, 0.29) is 29.9 Å². The Morgan fingerprint density at radius 2 is 2.10 bits per heavy atom. The summed E-state index contributed by atoms with van der Waals surface area (Å²) in [5.74, 6) is 0.912. The van der Waals surface area contributed by atoms with Gasteiger partial charge in [0.05, 0.1) is 18.8 Å². The van der Waals surface area contributed by atoms with E-state index in [0.717, 1.165) is 24.1 Å². The van der Waals surface area contributed by atoms with E-state index in [1.165, 1.54) is 13.2 Å². The molecule has 0 bridgehead atoms. The van der Waals surface area contributed by atoms with Crippen molar-refractivity contribution >= 4 is 5.91 Å². The Kier molecular flexibility index (Phi) is 6.34. The van der Waals surface area contributed by atoms with Gasteiger partial charge in [-0.3, -0.25) is 4.79 Å². The molecule has 2 aromatic rings. The van der Waals surface area contributed by atoms with Crippen molar-refractivity contribution in [2.75, 3.05) is 20.3 Å². The van der Waals surface area contributed by atoms with Gasteiger partial charge in [-0.2, -0.15) is 13.2 Å². The third-order valence-electron chi connectivity index (χ3n) is 4.79. The zero-order valence-electron chi connectivity index (χ0n) is 16.3. The maximum atomic E-state index is 12.7. The number of methoxy groups -OCH3 is 1. The second kappa shape index (κ2) is 8.75. The molecule has 1 aromatic carbocycles. The van der Waals surface area contributed by atoms with Gasteiger partial charge in [0, 0.05) is 19.0 Å². The number of hydrogen-bond acceptors (Lipinski definition) is 5. The Morgan fingerprint density at radius 1 is 1.31 bits per heavy atom. The molecular formula is C20H23F3N2O4. The summed E-state index contributed by atoms with van der Waals surface area (Å²) < 4.78 is 52.3. The molecule has 9 heteroatoms. The van der Waals surface area contributed by atoms with E-state index < -0.39 is 12.8 Å². The van der Waals surface area contributed by atoms with Crippen LogP contribution in [0.4, 0.5) is 13.2 Å². The van der Waals surface area contributed by atoms with Gasteiger partial charge in [-0.25, -0.2) is 0 Å². The lowest BCUT2D eigenvalue weighted by Gasteiger charge is -2.22. The molecule has 1 saturated heterocycles. The summed E-state index contributed by atoms with van der Waals surface area (Å²) in [5, 5.41) is 3.90. The fraction of sp³-hybridized carbons (Fsp3) is 0.500. The summed E-state index contributed by atoms with van der Waals surface area (Å²) in [5.41, 5.74) is 1.56. The molecule has 1 aromatic heterocycles. The number of rotatable bonds is 7. The Hall–Kier alpha value is -2.71. The van der Waals surface area contributed by atoms with Gasteiger partial charge < -0.3 is 18.9 Å². The van der Waals surface area contributed by atoms with E-state index in [2.05, 4.69) is 5.16 Å². The molecule has 1 amide bonds. The molecule has 29 heavy (non-hydrogen) atoms. The van der Waals surface area contributed by atoms with E-state index in [9.17, 15) is 18.0 Å². The van der Waals surface area contributed by atoms with Crippen LogP contribution >= 0.6 is 0 Å². The van der Waals surface area contributed by atoms with Crippen molar-refractivity contribution in [2.45, 2.75) is 44.8 Å². The van der Waals surface area contributed by atoms with Crippen molar-refractivity contribution in [1.82, 2.24) is 10.1 Å². The number of hydrogen-bond donors (Lipinski definition) is 0. The zero-order valence-corrected chi connectivity index (χ0v) is 16.3. The quantitative estimate of drug-likeness (QED) is 0.681. The fourth-order valence-corrected chi connectivity index (χ4v) is 3.44. The van der Waals surface area contributed by atoms with E-state index >= 15 is 0 Å². The highest BCUT2D eigenvalue weighted by Crippen LogP contribution is 2.34. The SMILES string of the molecule is COc1cc(CCC(=O)N2CCCC2c2cc(C)no2)ccc1OCC(F)(F)F. The minimum Gasteiger partial charge on any atom is -0.493 e. The highest BCUT2D eigenvalue weighted by atomic mass is 19.4. The highest BCUT2D eigenvalue weighted by molar-refractivity contribution is 5.77. The topological polar surface area (TPSA) is 64.8 Å². The minimum atomic E-state index is -4.43. The molecule has 2 heterocycles. The van der Waals surface area contributed by atoms with Gasteiger partial charge in [-0.15, -0.1) is 0 Å². The van der Waals surface area contributed by atoms with Crippen molar-refractivity contribution in [2.24, 2.45) is 0 Å². The number of benzene rings is 1. The van der Waals surface area contributed by atoms with Gasteiger partial charge in [-0.1, -0.05) is 11.2 Å². The van der Waals surface area contributed by atoms with Crippen LogP contribution < -0.4 is 9.47 Å². The second-order valence-electron chi connectivity index (χ2n) is 7.00. The van der Waals surface area contributed by atoms with Gasteiger partial charge in [0.25, 0.3) is 0 Å². The van der Waals surface area contributed by atoms with Crippen LogP contribution in [0, 0.1) is 6.92 Å². The standard InChI is InChI=1S/C20H23F3N2O4/c1-13-10-17(29-24-13)15-4-3-9-25(15)19(26)8-6-14-5-7-16(18(11-14)27-2)28-12-20(21,22)23/h5,7,10-11,15H,3-4,6,8-9,12H2,1-2H3. The molecule has 1 aliphatic rings. The van der Waals surface area contributed by atoms with Crippen LogP contribution in [0.5, 0.6) is 11.5 Å². The maximum Gasteiger partial charge on any atom is 0.422 e. The van der Waals surface area contributed by atoms with E-state index in [1.54, 1.807) is 17.0 Å². The molecule has 6 nitrogen and oxygen atoms in total. The molecular weight excluding hydrogens is 389 g/mol. The van der Waals surface area contributed by atoms with Crippen LogP contribution in [0.2, 0.25) is 0 Å². The minimum absolute atomic E-state index is 0.00193. The number of nitrogens with zero attached hydrogens (tertiary/aromatic N) is 2. The lowest BCUT2D eigenvalue weighted by atomic mass is 10.1.